The molecule has 2 aliphatic rings. The topological polar surface area (TPSA) is 55.8 Å². The van der Waals surface area contributed by atoms with Crippen molar-refractivity contribution in [2.24, 2.45) is 0 Å². The van der Waals surface area contributed by atoms with Crippen LogP contribution in [0.25, 0.3) is 0 Å². The molecule has 1 unspecified atom stereocenters. The fourth-order valence-electron chi connectivity index (χ4n) is 3.09. The van der Waals surface area contributed by atoms with Crippen molar-refractivity contribution >= 4 is 5.97 Å². The fraction of sp³-hybridized carbons (Fsp3) is 0.562. The third-order valence-corrected chi connectivity index (χ3v) is 4.37. The van der Waals surface area contributed by atoms with Gasteiger partial charge in [0.1, 0.15) is 17.4 Å². The summed E-state index contributed by atoms with van der Waals surface area (Å²) < 4.78 is 11.9. The maximum atomic E-state index is 11.3. The van der Waals surface area contributed by atoms with Crippen molar-refractivity contribution in [2.45, 2.75) is 50.7 Å². The average Bonchev–Trinajstić information content (AvgIpc) is 2.37. The number of rotatable bonds is 3. The smallest absolute Gasteiger partial charge is 0.339 e. The van der Waals surface area contributed by atoms with Crippen LogP contribution in [-0.4, -0.2) is 29.4 Å². The number of hydrogen-bond acceptors (Lipinski definition) is 3. The molecule has 20 heavy (non-hydrogen) atoms. The summed E-state index contributed by atoms with van der Waals surface area (Å²) in [5.74, 6) is -0.454. The van der Waals surface area contributed by atoms with Crippen LogP contribution < -0.4 is 4.74 Å². The minimum atomic E-state index is -0.939. The van der Waals surface area contributed by atoms with E-state index in [1.807, 2.05) is 13.0 Å². The molecule has 0 amide bonds. The molecule has 1 saturated carbocycles. The lowest BCUT2D eigenvalue weighted by Gasteiger charge is -2.47. The highest BCUT2D eigenvalue weighted by atomic mass is 16.5. The predicted molar refractivity (Wildman–Crippen MR) is 74.3 cm³/mol. The Balaban J connectivity index is 1.76. The Kier molecular flexibility index (Phi) is 3.42. The van der Waals surface area contributed by atoms with E-state index in [2.05, 4.69) is 0 Å². The summed E-state index contributed by atoms with van der Waals surface area (Å²) in [6.45, 7) is 2.65. The highest BCUT2D eigenvalue weighted by molar-refractivity contribution is 5.91. The summed E-state index contributed by atoms with van der Waals surface area (Å²) in [6, 6.07) is 5.23. The lowest BCUT2D eigenvalue weighted by atomic mass is 9.74. The highest BCUT2D eigenvalue weighted by Crippen LogP contribution is 2.43. The van der Waals surface area contributed by atoms with Crippen LogP contribution in [0.2, 0.25) is 0 Å². The molecule has 0 bridgehead atoms. The summed E-state index contributed by atoms with van der Waals surface area (Å²) in [5, 5.41) is 9.24. The van der Waals surface area contributed by atoms with Crippen LogP contribution in [0, 0.1) is 6.92 Å². The van der Waals surface area contributed by atoms with Crippen molar-refractivity contribution in [3.8, 4) is 5.75 Å². The third kappa shape index (κ3) is 2.52. The summed E-state index contributed by atoms with van der Waals surface area (Å²) in [4.78, 5) is 11.3. The second-order valence-corrected chi connectivity index (χ2v) is 5.92. The quantitative estimate of drug-likeness (QED) is 0.921. The number of aryl methyl sites for hydroxylation is 1. The summed E-state index contributed by atoms with van der Waals surface area (Å²) in [5.41, 5.74) is 1.26. The van der Waals surface area contributed by atoms with Crippen molar-refractivity contribution in [3.05, 3.63) is 29.3 Å². The molecule has 1 aliphatic heterocycles. The molecule has 0 aromatic heterocycles. The molecule has 1 spiro atoms. The summed E-state index contributed by atoms with van der Waals surface area (Å²) in [7, 11) is 0. The van der Waals surface area contributed by atoms with E-state index in [9.17, 15) is 9.90 Å². The highest BCUT2D eigenvalue weighted by Gasteiger charge is 2.43. The first-order valence-corrected chi connectivity index (χ1v) is 7.23. The van der Waals surface area contributed by atoms with E-state index in [0.717, 1.165) is 31.2 Å². The van der Waals surface area contributed by atoms with Crippen LogP contribution in [0.15, 0.2) is 18.2 Å². The SMILES string of the molecule is Cc1ccc(C(=O)O)c(OC2CCOC3(CCC3)C2)c1. The molecule has 1 saturated heterocycles. The predicted octanol–water partition coefficient (Wildman–Crippen LogP) is 3.17. The van der Waals surface area contributed by atoms with E-state index >= 15 is 0 Å². The van der Waals surface area contributed by atoms with Crippen molar-refractivity contribution in [1.82, 2.24) is 0 Å². The molecular formula is C16H20O4. The van der Waals surface area contributed by atoms with Gasteiger partial charge in [0, 0.05) is 12.8 Å². The van der Waals surface area contributed by atoms with Gasteiger partial charge in [-0.15, -0.1) is 0 Å². The molecular weight excluding hydrogens is 256 g/mol. The maximum absolute atomic E-state index is 11.3. The first-order chi connectivity index (χ1) is 9.58. The summed E-state index contributed by atoms with van der Waals surface area (Å²) >= 11 is 0. The van der Waals surface area contributed by atoms with Crippen molar-refractivity contribution in [2.75, 3.05) is 6.61 Å². The van der Waals surface area contributed by atoms with Gasteiger partial charge in [0.15, 0.2) is 0 Å². The molecule has 1 N–H and O–H groups in total. The average molecular weight is 276 g/mol. The van der Waals surface area contributed by atoms with E-state index in [-0.39, 0.29) is 17.3 Å². The van der Waals surface area contributed by atoms with Gasteiger partial charge < -0.3 is 14.6 Å². The fourth-order valence-corrected chi connectivity index (χ4v) is 3.09. The number of aromatic carboxylic acids is 1. The monoisotopic (exact) mass is 276 g/mol. The molecule has 1 aromatic carbocycles. The molecule has 4 heteroatoms. The Morgan fingerprint density at radius 2 is 2.25 bits per heavy atom. The number of ether oxygens (including phenoxy) is 2. The Bertz CT molecular complexity index is 519. The second kappa shape index (κ2) is 5.09. The molecule has 1 aliphatic carbocycles. The van der Waals surface area contributed by atoms with Crippen LogP contribution in [0.5, 0.6) is 5.75 Å². The van der Waals surface area contributed by atoms with Crippen LogP contribution in [-0.2, 0) is 4.74 Å². The first-order valence-electron chi connectivity index (χ1n) is 7.23. The Morgan fingerprint density at radius 1 is 1.45 bits per heavy atom. The number of carbonyl (C=O) groups is 1. The van der Waals surface area contributed by atoms with Gasteiger partial charge in [0.05, 0.1) is 12.2 Å². The zero-order valence-corrected chi connectivity index (χ0v) is 11.7. The number of benzene rings is 1. The van der Waals surface area contributed by atoms with Crippen molar-refractivity contribution in [1.29, 1.82) is 0 Å². The van der Waals surface area contributed by atoms with Gasteiger partial charge >= 0.3 is 5.97 Å². The Morgan fingerprint density at radius 3 is 2.90 bits per heavy atom. The van der Waals surface area contributed by atoms with Crippen LogP contribution in [0.4, 0.5) is 0 Å². The standard InChI is InChI=1S/C16H20O4/c1-11-3-4-13(15(17)18)14(9-11)20-12-5-8-19-16(10-12)6-2-7-16/h3-4,9,12H,2,5-8,10H2,1H3,(H,17,18). The molecule has 1 atom stereocenters. The van der Waals surface area contributed by atoms with Gasteiger partial charge in [0.2, 0.25) is 0 Å². The lowest BCUT2D eigenvalue weighted by molar-refractivity contribution is -0.153. The van der Waals surface area contributed by atoms with Crippen LogP contribution >= 0.6 is 0 Å². The van der Waals surface area contributed by atoms with Crippen molar-refractivity contribution < 1.29 is 19.4 Å². The van der Waals surface area contributed by atoms with Crippen molar-refractivity contribution in [3.63, 3.8) is 0 Å². The molecule has 1 aromatic rings. The summed E-state index contributed by atoms with van der Waals surface area (Å²) in [6.07, 6.45) is 5.19. The van der Waals surface area contributed by atoms with E-state index < -0.39 is 5.97 Å². The van der Waals surface area contributed by atoms with E-state index in [1.165, 1.54) is 6.42 Å². The van der Waals surface area contributed by atoms with Crippen LogP contribution in [0.1, 0.15) is 48.0 Å². The van der Waals surface area contributed by atoms with Gasteiger partial charge in [-0.1, -0.05) is 6.07 Å². The van der Waals surface area contributed by atoms with Gasteiger partial charge in [-0.2, -0.15) is 0 Å². The largest absolute Gasteiger partial charge is 0.489 e. The second-order valence-electron chi connectivity index (χ2n) is 5.92. The number of carboxylic acid groups (broad SMARTS) is 1. The molecule has 0 radical (unpaired) electrons. The van der Waals surface area contributed by atoms with Crippen LogP contribution in [0.3, 0.4) is 0 Å². The van der Waals surface area contributed by atoms with Gasteiger partial charge in [-0.05, 0) is 43.9 Å². The van der Waals surface area contributed by atoms with Gasteiger partial charge in [0.25, 0.3) is 0 Å². The first kappa shape index (κ1) is 13.4. The van der Waals surface area contributed by atoms with Gasteiger partial charge in [-0.25, -0.2) is 4.79 Å². The third-order valence-electron chi connectivity index (χ3n) is 4.37. The number of hydrogen-bond donors (Lipinski definition) is 1. The minimum absolute atomic E-state index is 0.0100. The minimum Gasteiger partial charge on any atom is -0.489 e. The molecule has 108 valence electrons. The van der Waals surface area contributed by atoms with E-state index in [1.54, 1.807) is 12.1 Å². The Labute approximate surface area is 118 Å². The van der Waals surface area contributed by atoms with E-state index in [4.69, 9.17) is 9.47 Å². The zero-order chi connectivity index (χ0) is 14.2. The maximum Gasteiger partial charge on any atom is 0.339 e. The molecule has 2 fully saturated rings. The molecule has 3 rings (SSSR count). The Hall–Kier alpha value is -1.55. The molecule has 4 nitrogen and oxygen atoms in total. The zero-order valence-electron chi connectivity index (χ0n) is 11.7. The normalized spacial score (nSPS) is 24.1. The lowest BCUT2D eigenvalue weighted by Crippen LogP contribution is -2.48. The van der Waals surface area contributed by atoms with Gasteiger partial charge in [-0.3, -0.25) is 0 Å². The van der Waals surface area contributed by atoms with E-state index in [0.29, 0.717) is 12.4 Å². The molecule has 1 heterocycles. The number of carboxylic acids is 1.